The zero-order valence-electron chi connectivity index (χ0n) is 16.1. The van der Waals surface area contributed by atoms with Gasteiger partial charge in [-0.15, -0.1) is 0 Å². The molecule has 1 N–H and O–H groups in total. The predicted octanol–water partition coefficient (Wildman–Crippen LogP) is 3.12. The van der Waals surface area contributed by atoms with Gasteiger partial charge in [0.1, 0.15) is 17.4 Å². The number of hydrogen-bond acceptors (Lipinski definition) is 5. The second-order valence-corrected chi connectivity index (χ2v) is 6.92. The third-order valence-corrected chi connectivity index (χ3v) is 4.59. The van der Waals surface area contributed by atoms with Crippen LogP contribution in [0.5, 0.6) is 5.75 Å². The molecule has 0 radical (unpaired) electrons. The molecule has 2 aromatic rings. The Bertz CT molecular complexity index is 959. The van der Waals surface area contributed by atoms with Gasteiger partial charge in [0, 0.05) is 23.8 Å². The highest BCUT2D eigenvalue weighted by molar-refractivity contribution is 6.30. The average molecular weight is 426 g/mol. The van der Waals surface area contributed by atoms with E-state index in [0.717, 1.165) is 0 Å². The predicted molar refractivity (Wildman–Crippen MR) is 113 cm³/mol. The van der Waals surface area contributed by atoms with Crippen molar-refractivity contribution in [2.45, 2.75) is 0 Å². The van der Waals surface area contributed by atoms with E-state index in [1.165, 1.54) is 6.08 Å². The van der Waals surface area contributed by atoms with Crippen molar-refractivity contribution < 1.29 is 19.1 Å². The maximum atomic E-state index is 12.4. The molecular formula is C22H20ClN3O4. The molecule has 0 unspecified atom stereocenters. The summed E-state index contributed by atoms with van der Waals surface area (Å²) in [6.45, 7) is 1.74. The van der Waals surface area contributed by atoms with E-state index in [2.05, 4.69) is 5.32 Å². The molecular weight excluding hydrogens is 406 g/mol. The van der Waals surface area contributed by atoms with Crippen molar-refractivity contribution >= 4 is 35.2 Å². The minimum atomic E-state index is -0.306. The van der Waals surface area contributed by atoms with Crippen molar-refractivity contribution in [2.24, 2.45) is 0 Å². The first-order valence-electron chi connectivity index (χ1n) is 9.32. The second kappa shape index (κ2) is 10.4. The highest BCUT2D eigenvalue weighted by Crippen LogP contribution is 2.17. The standard InChI is InChI=1S/C22H20ClN3O4/c23-18-3-5-19(6-4-18)25-21(27)15-30-20-7-1-16(2-8-20)13-17(14-24)22(28)26-9-11-29-12-10-26/h1-8,13H,9-12,15H2,(H,25,27)/b17-13+. The van der Waals surface area contributed by atoms with Gasteiger partial charge < -0.3 is 19.7 Å². The summed E-state index contributed by atoms with van der Waals surface area (Å²) in [6, 6.07) is 15.5. The van der Waals surface area contributed by atoms with E-state index < -0.39 is 0 Å². The third kappa shape index (κ3) is 6.08. The molecule has 1 heterocycles. The van der Waals surface area contributed by atoms with Crippen LogP contribution in [0.2, 0.25) is 5.02 Å². The van der Waals surface area contributed by atoms with Gasteiger partial charge in [-0.2, -0.15) is 5.26 Å². The Kier molecular flexibility index (Phi) is 7.44. The number of benzene rings is 2. The highest BCUT2D eigenvalue weighted by Gasteiger charge is 2.20. The molecule has 2 aromatic carbocycles. The molecule has 30 heavy (non-hydrogen) atoms. The van der Waals surface area contributed by atoms with Crippen LogP contribution >= 0.6 is 11.6 Å². The van der Waals surface area contributed by atoms with E-state index in [4.69, 9.17) is 21.1 Å². The maximum Gasteiger partial charge on any atom is 0.264 e. The number of rotatable bonds is 6. The number of halogens is 1. The summed E-state index contributed by atoms with van der Waals surface area (Å²) in [7, 11) is 0. The van der Waals surface area contributed by atoms with Crippen LogP contribution in [0.3, 0.4) is 0 Å². The maximum absolute atomic E-state index is 12.4. The fourth-order valence-corrected chi connectivity index (χ4v) is 2.91. The van der Waals surface area contributed by atoms with E-state index in [-0.39, 0.29) is 24.0 Å². The van der Waals surface area contributed by atoms with Gasteiger partial charge in [-0.25, -0.2) is 0 Å². The minimum absolute atomic E-state index is 0.0629. The Morgan fingerprint density at radius 3 is 2.43 bits per heavy atom. The summed E-state index contributed by atoms with van der Waals surface area (Å²) < 4.78 is 10.7. The zero-order valence-corrected chi connectivity index (χ0v) is 16.9. The van der Waals surface area contributed by atoms with Crippen LogP contribution in [0.15, 0.2) is 54.1 Å². The first-order valence-corrected chi connectivity index (χ1v) is 9.70. The Labute approximate surface area is 179 Å². The third-order valence-electron chi connectivity index (χ3n) is 4.34. The second-order valence-electron chi connectivity index (χ2n) is 6.49. The SMILES string of the molecule is N#C/C(=C\c1ccc(OCC(=O)Nc2ccc(Cl)cc2)cc1)C(=O)N1CCOCC1. The van der Waals surface area contributed by atoms with E-state index in [9.17, 15) is 14.9 Å². The molecule has 0 bridgehead atoms. The molecule has 154 valence electrons. The van der Waals surface area contributed by atoms with Crippen molar-refractivity contribution in [3.05, 3.63) is 64.7 Å². The number of nitrogens with zero attached hydrogens (tertiary/aromatic N) is 2. The summed E-state index contributed by atoms with van der Waals surface area (Å²) in [5, 5.41) is 12.6. The fourth-order valence-electron chi connectivity index (χ4n) is 2.78. The van der Waals surface area contributed by atoms with Crippen LogP contribution in [0.1, 0.15) is 5.56 Å². The van der Waals surface area contributed by atoms with Crippen molar-refractivity contribution in [1.82, 2.24) is 4.90 Å². The topological polar surface area (TPSA) is 91.7 Å². The van der Waals surface area contributed by atoms with Gasteiger partial charge in [-0.3, -0.25) is 9.59 Å². The van der Waals surface area contributed by atoms with Crippen molar-refractivity contribution in [3.8, 4) is 11.8 Å². The summed E-state index contributed by atoms with van der Waals surface area (Å²) in [6.07, 6.45) is 1.54. The summed E-state index contributed by atoms with van der Waals surface area (Å²) in [5.41, 5.74) is 1.38. The first kappa shape index (κ1) is 21.4. The Morgan fingerprint density at radius 2 is 1.80 bits per heavy atom. The molecule has 0 aliphatic carbocycles. The fraction of sp³-hybridized carbons (Fsp3) is 0.227. The van der Waals surface area contributed by atoms with Gasteiger partial charge >= 0.3 is 0 Å². The largest absolute Gasteiger partial charge is 0.484 e. The number of ether oxygens (including phenoxy) is 2. The number of carbonyl (C=O) groups is 2. The number of hydrogen-bond donors (Lipinski definition) is 1. The number of anilines is 1. The lowest BCUT2D eigenvalue weighted by Gasteiger charge is -2.26. The van der Waals surface area contributed by atoms with Crippen LogP contribution < -0.4 is 10.1 Å². The number of morpholine rings is 1. The van der Waals surface area contributed by atoms with Gasteiger partial charge in [0.2, 0.25) is 0 Å². The van der Waals surface area contributed by atoms with E-state index in [1.807, 2.05) is 6.07 Å². The molecule has 0 spiro atoms. The van der Waals surface area contributed by atoms with Gasteiger partial charge in [-0.05, 0) is 48.0 Å². The van der Waals surface area contributed by atoms with E-state index >= 15 is 0 Å². The van der Waals surface area contributed by atoms with Crippen LogP contribution in [0.4, 0.5) is 5.69 Å². The summed E-state index contributed by atoms with van der Waals surface area (Å²) >= 11 is 5.81. The zero-order chi connectivity index (χ0) is 21.3. The lowest BCUT2D eigenvalue weighted by atomic mass is 10.1. The molecule has 1 fully saturated rings. The van der Waals surface area contributed by atoms with Crippen LogP contribution in [-0.4, -0.2) is 49.6 Å². The highest BCUT2D eigenvalue weighted by atomic mass is 35.5. The van der Waals surface area contributed by atoms with Crippen molar-refractivity contribution in [2.75, 3.05) is 38.2 Å². The van der Waals surface area contributed by atoms with Crippen LogP contribution in [0, 0.1) is 11.3 Å². The van der Waals surface area contributed by atoms with Gasteiger partial charge in [0.05, 0.1) is 13.2 Å². The monoisotopic (exact) mass is 425 g/mol. The molecule has 3 rings (SSSR count). The summed E-state index contributed by atoms with van der Waals surface area (Å²) in [4.78, 5) is 26.0. The van der Waals surface area contributed by atoms with E-state index in [1.54, 1.807) is 53.4 Å². The minimum Gasteiger partial charge on any atom is -0.484 e. The molecule has 1 aliphatic rings. The average Bonchev–Trinajstić information content (AvgIpc) is 2.78. The normalized spacial score (nSPS) is 14.0. The van der Waals surface area contributed by atoms with E-state index in [0.29, 0.717) is 48.3 Å². The molecule has 0 atom stereocenters. The molecule has 2 amide bonds. The van der Waals surface area contributed by atoms with Gasteiger partial charge in [0.25, 0.3) is 11.8 Å². The van der Waals surface area contributed by atoms with Crippen molar-refractivity contribution in [3.63, 3.8) is 0 Å². The Morgan fingerprint density at radius 1 is 1.13 bits per heavy atom. The number of nitriles is 1. The number of nitrogens with one attached hydrogen (secondary N) is 1. The molecule has 8 heteroatoms. The van der Waals surface area contributed by atoms with Crippen molar-refractivity contribution in [1.29, 1.82) is 5.26 Å². The van der Waals surface area contributed by atoms with Gasteiger partial charge in [0.15, 0.2) is 6.61 Å². The smallest absolute Gasteiger partial charge is 0.264 e. The van der Waals surface area contributed by atoms with Gasteiger partial charge in [-0.1, -0.05) is 23.7 Å². The molecule has 1 saturated heterocycles. The lowest BCUT2D eigenvalue weighted by Crippen LogP contribution is -2.41. The Hall–Kier alpha value is -3.34. The molecule has 7 nitrogen and oxygen atoms in total. The first-order chi connectivity index (χ1) is 14.5. The molecule has 0 aromatic heterocycles. The van der Waals surface area contributed by atoms with Crippen LogP contribution in [-0.2, 0) is 14.3 Å². The molecule has 1 aliphatic heterocycles. The summed E-state index contributed by atoms with van der Waals surface area (Å²) in [5.74, 6) is -0.111. The number of amides is 2. The Balaban J connectivity index is 1.55. The number of carbonyl (C=O) groups excluding carboxylic acids is 2. The van der Waals surface area contributed by atoms with Crippen LogP contribution in [0.25, 0.3) is 6.08 Å². The quantitative estimate of drug-likeness (QED) is 0.567. The molecule has 0 saturated carbocycles. The lowest BCUT2D eigenvalue weighted by molar-refractivity contribution is -0.130.